The van der Waals surface area contributed by atoms with Crippen LogP contribution in [-0.2, 0) is 35.1 Å². The summed E-state index contributed by atoms with van der Waals surface area (Å²) in [5, 5.41) is 16.3. The first-order valence-corrected chi connectivity index (χ1v) is 16.9. The number of esters is 2. The van der Waals surface area contributed by atoms with E-state index in [2.05, 4.69) is 10.6 Å². The Kier molecular flexibility index (Phi) is 14.8. The fourth-order valence-corrected chi connectivity index (χ4v) is 6.05. The Morgan fingerprint density at radius 2 is 1.77 bits per heavy atom. The van der Waals surface area contributed by atoms with Gasteiger partial charge in [0.15, 0.2) is 6.10 Å². The first kappa shape index (κ1) is 38.8. The number of ether oxygens (including phenoxy) is 3. The van der Waals surface area contributed by atoms with Crippen LogP contribution in [0.3, 0.4) is 0 Å². The molecular weight excluding hydrogens is 659 g/mol. The molecule has 2 aromatic carbocycles. The van der Waals surface area contributed by atoms with Crippen molar-refractivity contribution in [2.75, 3.05) is 7.11 Å². The zero-order valence-electron chi connectivity index (χ0n) is 28.2. The van der Waals surface area contributed by atoms with Crippen LogP contribution in [0.2, 0.25) is 5.02 Å². The molecule has 2 aromatic rings. The molecule has 7 atom stereocenters. The Morgan fingerprint density at radius 1 is 1.04 bits per heavy atom. The Morgan fingerprint density at radius 3 is 2.42 bits per heavy atom. The molecule has 0 saturated carbocycles. The summed E-state index contributed by atoms with van der Waals surface area (Å²) >= 11 is 13.0. The zero-order chi connectivity index (χ0) is 35.5. The molecule has 3 unspecified atom stereocenters. The summed E-state index contributed by atoms with van der Waals surface area (Å²) in [6, 6.07) is 10.8. The van der Waals surface area contributed by atoms with Gasteiger partial charge in [-0.15, -0.1) is 11.6 Å². The monoisotopic (exact) mass is 704 g/mol. The first-order chi connectivity index (χ1) is 22.7. The molecule has 12 heteroatoms. The van der Waals surface area contributed by atoms with Gasteiger partial charge in [-0.2, -0.15) is 0 Å². The van der Waals surface area contributed by atoms with Crippen LogP contribution in [0.5, 0.6) is 5.75 Å². The molecule has 1 heterocycles. The maximum Gasteiger partial charge on any atom is 0.347 e. The van der Waals surface area contributed by atoms with Crippen molar-refractivity contribution >= 4 is 47.0 Å². The number of nitrogens with one attached hydrogen (secondary N) is 2. The lowest BCUT2D eigenvalue weighted by Crippen LogP contribution is -2.50. The Bertz CT molecular complexity index is 1470. The molecule has 0 aromatic heterocycles. The second-order valence-corrected chi connectivity index (χ2v) is 13.6. The van der Waals surface area contributed by atoms with Crippen molar-refractivity contribution in [2.45, 2.75) is 96.1 Å². The van der Waals surface area contributed by atoms with E-state index in [1.54, 1.807) is 32.0 Å². The molecule has 0 aliphatic carbocycles. The lowest BCUT2D eigenvalue weighted by Gasteiger charge is -2.31. The Labute approximate surface area is 292 Å². The number of carbonyl (C=O) groups is 4. The molecule has 0 saturated heterocycles. The minimum atomic E-state index is -1.22. The second-order valence-electron chi connectivity index (χ2n) is 12.7. The summed E-state index contributed by atoms with van der Waals surface area (Å²) in [5.41, 5.74) is 2.34. The molecule has 3 N–H and O–H groups in total. The van der Waals surface area contributed by atoms with Gasteiger partial charge in [0, 0.05) is 24.8 Å². The lowest BCUT2D eigenvalue weighted by atomic mass is 9.90. The minimum absolute atomic E-state index is 0.0242. The highest BCUT2D eigenvalue weighted by molar-refractivity contribution is 6.32. The molecule has 0 bridgehead atoms. The maximum absolute atomic E-state index is 13.5. The number of aryl methyl sites for hydroxylation is 1. The van der Waals surface area contributed by atoms with Gasteiger partial charge in [0.25, 0.3) is 0 Å². The van der Waals surface area contributed by atoms with E-state index in [0.29, 0.717) is 21.9 Å². The number of carbonyl (C=O) groups excluding carboxylic acids is 4. The Balaban J connectivity index is 1.93. The number of hydrogen-bond acceptors (Lipinski definition) is 8. The van der Waals surface area contributed by atoms with Gasteiger partial charge >= 0.3 is 11.9 Å². The van der Waals surface area contributed by atoms with Gasteiger partial charge in [-0.25, -0.2) is 4.79 Å². The third kappa shape index (κ3) is 11.5. The van der Waals surface area contributed by atoms with Crippen LogP contribution in [0.15, 0.2) is 54.6 Å². The van der Waals surface area contributed by atoms with E-state index in [1.165, 1.54) is 19.3 Å². The molecule has 262 valence electrons. The predicted octanol–water partition coefficient (Wildman–Crippen LogP) is 5.39. The highest BCUT2D eigenvalue weighted by Gasteiger charge is 2.35. The molecular formula is C36H46Cl2N2O8. The van der Waals surface area contributed by atoms with Crippen molar-refractivity contribution in [3.63, 3.8) is 0 Å². The average molecular weight is 706 g/mol. The van der Waals surface area contributed by atoms with Gasteiger partial charge in [-0.3, -0.25) is 14.4 Å². The fourth-order valence-electron chi connectivity index (χ4n) is 5.40. The van der Waals surface area contributed by atoms with E-state index in [4.69, 9.17) is 37.4 Å². The number of alkyl halides is 1. The van der Waals surface area contributed by atoms with Gasteiger partial charge in [0.1, 0.15) is 17.9 Å². The van der Waals surface area contributed by atoms with Crippen molar-refractivity contribution in [1.29, 1.82) is 0 Å². The summed E-state index contributed by atoms with van der Waals surface area (Å²) in [5.74, 6) is -2.83. The number of methoxy groups -OCH3 is 1. The molecule has 3 rings (SSSR count). The van der Waals surface area contributed by atoms with Crippen molar-refractivity contribution in [2.24, 2.45) is 11.8 Å². The van der Waals surface area contributed by atoms with Crippen LogP contribution in [0.1, 0.15) is 69.0 Å². The summed E-state index contributed by atoms with van der Waals surface area (Å²) in [4.78, 5) is 53.0. The van der Waals surface area contributed by atoms with Crippen LogP contribution >= 0.6 is 23.2 Å². The number of halogens is 2. The molecule has 0 radical (unpaired) electrons. The number of rotatable bonds is 9. The van der Waals surface area contributed by atoms with E-state index >= 15 is 0 Å². The highest BCUT2D eigenvalue weighted by Crippen LogP contribution is 2.32. The third-order valence-electron chi connectivity index (χ3n) is 8.06. The van der Waals surface area contributed by atoms with Gasteiger partial charge in [0.05, 0.1) is 30.0 Å². The van der Waals surface area contributed by atoms with E-state index in [0.717, 1.165) is 5.56 Å². The van der Waals surface area contributed by atoms with Crippen LogP contribution in [0, 0.1) is 18.8 Å². The Hall–Kier alpha value is -3.60. The van der Waals surface area contributed by atoms with Gasteiger partial charge in [-0.05, 0) is 55.5 Å². The predicted molar refractivity (Wildman–Crippen MR) is 184 cm³/mol. The minimum Gasteiger partial charge on any atom is -0.495 e. The first-order valence-electron chi connectivity index (χ1n) is 16.1. The molecule has 0 spiro atoms. The fraction of sp³-hybridized carbons (Fsp3) is 0.500. The number of aliphatic hydroxyl groups excluding tert-OH is 1. The van der Waals surface area contributed by atoms with Crippen LogP contribution in [0.4, 0.5) is 0 Å². The number of benzene rings is 2. The quantitative estimate of drug-likeness (QED) is 0.233. The smallest absolute Gasteiger partial charge is 0.347 e. The van der Waals surface area contributed by atoms with Crippen LogP contribution < -0.4 is 15.4 Å². The van der Waals surface area contributed by atoms with Crippen molar-refractivity contribution < 1.29 is 38.5 Å². The van der Waals surface area contributed by atoms with Crippen molar-refractivity contribution in [3.05, 3.63) is 76.3 Å². The molecule has 1 aliphatic rings. The third-order valence-corrected chi connectivity index (χ3v) is 8.87. The molecule has 0 fully saturated rings. The second kappa shape index (κ2) is 18.2. The summed E-state index contributed by atoms with van der Waals surface area (Å²) in [6.07, 6.45) is -0.458. The van der Waals surface area contributed by atoms with E-state index in [-0.39, 0.29) is 31.6 Å². The maximum atomic E-state index is 13.5. The van der Waals surface area contributed by atoms with E-state index < -0.39 is 65.4 Å². The zero-order valence-corrected chi connectivity index (χ0v) is 29.7. The largest absolute Gasteiger partial charge is 0.495 e. The van der Waals surface area contributed by atoms with E-state index in [9.17, 15) is 24.3 Å². The summed E-state index contributed by atoms with van der Waals surface area (Å²) < 4.78 is 16.7. The number of cyclic esters (lactones) is 2. The SMILES string of the molecule is COc1ccc(C[C@H]2NC(=O)/C=C/C[C@@H]([C@H](C)C(O)C(Cl)c3cccc(C)c3)OC(=O)[C@H](CC(C)C)OC(=O)CC(C)NC2=O)cc1Cl. The van der Waals surface area contributed by atoms with Gasteiger partial charge in [-0.1, -0.05) is 74.3 Å². The average Bonchev–Trinajstić information content (AvgIpc) is 3.01. The molecule has 2 amide bonds. The van der Waals surface area contributed by atoms with Crippen LogP contribution in [0.25, 0.3) is 0 Å². The summed E-state index contributed by atoms with van der Waals surface area (Å²) in [7, 11) is 1.49. The lowest BCUT2D eigenvalue weighted by molar-refractivity contribution is -0.176. The number of aliphatic hydroxyl groups is 1. The van der Waals surface area contributed by atoms with Crippen molar-refractivity contribution in [3.8, 4) is 5.75 Å². The molecule has 10 nitrogen and oxygen atoms in total. The van der Waals surface area contributed by atoms with Gasteiger partial charge in [0.2, 0.25) is 11.8 Å². The molecule has 48 heavy (non-hydrogen) atoms. The number of hydrogen-bond donors (Lipinski definition) is 3. The topological polar surface area (TPSA) is 140 Å². The van der Waals surface area contributed by atoms with Crippen molar-refractivity contribution in [1.82, 2.24) is 10.6 Å². The van der Waals surface area contributed by atoms with E-state index in [1.807, 2.05) is 45.0 Å². The van der Waals surface area contributed by atoms with Gasteiger partial charge < -0.3 is 30.0 Å². The summed E-state index contributed by atoms with van der Waals surface area (Å²) in [6.45, 7) is 9.00. The standard InChI is InChI=1S/C36H46Cl2N2O8/c1-20(2)15-30-36(45)48-28(23(5)34(43)33(38)25-10-7-9-21(3)16-25)11-8-12-31(41)40-27(35(44)39-22(4)17-32(42)47-30)19-24-13-14-29(46-6)26(37)18-24/h7-10,12-14,16,18,20,22-23,27-28,30,33-34,43H,11,15,17,19H2,1-6H3,(H,39,44)(H,40,41)/b12-8+/t22?,23-,27+,28-,30-,33?,34?/m0/s1. The highest BCUT2D eigenvalue weighted by atomic mass is 35.5. The van der Waals surface area contributed by atoms with Crippen LogP contribution in [-0.4, -0.2) is 66.4 Å². The molecule has 1 aliphatic heterocycles. The number of amides is 2. The normalized spacial score (nSPS) is 24.0.